The molecule has 2 aliphatic carbocycles. The van der Waals surface area contributed by atoms with Crippen molar-refractivity contribution in [1.82, 2.24) is 0 Å². The average Bonchev–Trinajstić information content (AvgIpc) is 2.35. The molecule has 2 saturated carbocycles. The Kier molecular flexibility index (Phi) is 3.82. The predicted molar refractivity (Wildman–Crippen MR) is 78.3 cm³/mol. The first-order valence-corrected chi connectivity index (χ1v) is 7.74. The molecule has 18 heavy (non-hydrogen) atoms. The highest BCUT2D eigenvalue weighted by molar-refractivity contribution is 6.21. The molecule has 0 radical (unpaired) electrons. The van der Waals surface area contributed by atoms with Gasteiger partial charge in [-0.05, 0) is 31.1 Å². The molecule has 1 N–H and O–H groups in total. The van der Waals surface area contributed by atoms with Crippen molar-refractivity contribution in [3.63, 3.8) is 0 Å². The number of aliphatic hydroxyl groups is 1. The minimum atomic E-state index is -0.776. The molecule has 0 spiro atoms. The summed E-state index contributed by atoms with van der Waals surface area (Å²) in [5.41, 5.74) is 0.430. The fourth-order valence-corrected chi connectivity index (χ4v) is 4.26. The van der Waals surface area contributed by atoms with Crippen LogP contribution in [0.4, 0.5) is 0 Å². The first-order chi connectivity index (χ1) is 8.18. The second kappa shape index (κ2) is 4.68. The Morgan fingerprint density at radius 2 is 1.89 bits per heavy atom. The van der Waals surface area contributed by atoms with E-state index in [4.69, 9.17) is 23.2 Å². The highest BCUT2D eigenvalue weighted by Crippen LogP contribution is 2.54. The third kappa shape index (κ3) is 2.23. The van der Waals surface area contributed by atoms with Crippen LogP contribution in [0.25, 0.3) is 0 Å². The Labute approximate surface area is 121 Å². The first kappa shape index (κ1) is 14.7. The number of alkyl halides is 2. The Balaban J connectivity index is 2.39. The first-order valence-electron chi connectivity index (χ1n) is 6.86. The average molecular weight is 291 g/mol. The van der Waals surface area contributed by atoms with E-state index in [0.29, 0.717) is 6.42 Å². The number of hydrogen-bond donors (Lipinski definition) is 1. The van der Waals surface area contributed by atoms with E-state index < -0.39 is 5.60 Å². The van der Waals surface area contributed by atoms with E-state index in [1.165, 1.54) is 0 Å². The summed E-state index contributed by atoms with van der Waals surface area (Å²) in [5, 5.41) is 11.2. The van der Waals surface area contributed by atoms with Gasteiger partial charge in [-0.1, -0.05) is 32.9 Å². The van der Waals surface area contributed by atoms with Crippen LogP contribution in [0.2, 0.25) is 0 Å². The van der Waals surface area contributed by atoms with Gasteiger partial charge in [0.05, 0.1) is 5.60 Å². The molecule has 5 unspecified atom stereocenters. The van der Waals surface area contributed by atoms with E-state index in [9.17, 15) is 5.11 Å². The van der Waals surface area contributed by atoms with E-state index in [0.717, 1.165) is 24.8 Å². The van der Waals surface area contributed by atoms with Crippen LogP contribution < -0.4 is 0 Å². The van der Waals surface area contributed by atoms with E-state index in [-0.39, 0.29) is 28.0 Å². The number of halogens is 2. The third-order valence-corrected chi connectivity index (χ3v) is 6.59. The molecule has 0 aromatic carbocycles. The minimum absolute atomic E-state index is 0.00373. The minimum Gasteiger partial charge on any atom is -0.389 e. The van der Waals surface area contributed by atoms with Crippen LogP contribution in [0.15, 0.2) is 12.2 Å². The van der Waals surface area contributed by atoms with Crippen LogP contribution in [-0.4, -0.2) is 21.5 Å². The van der Waals surface area contributed by atoms with Crippen molar-refractivity contribution >= 4 is 23.2 Å². The summed E-state index contributed by atoms with van der Waals surface area (Å²) >= 11 is 12.9. The molecule has 2 fully saturated rings. The van der Waals surface area contributed by atoms with Crippen molar-refractivity contribution in [3.05, 3.63) is 12.2 Å². The van der Waals surface area contributed by atoms with Gasteiger partial charge in [-0.3, -0.25) is 0 Å². The Morgan fingerprint density at radius 1 is 1.28 bits per heavy atom. The lowest BCUT2D eigenvalue weighted by atomic mass is 9.59. The molecule has 2 rings (SSSR count). The van der Waals surface area contributed by atoms with E-state index in [1.807, 2.05) is 0 Å². The van der Waals surface area contributed by atoms with Crippen LogP contribution in [-0.2, 0) is 0 Å². The lowest BCUT2D eigenvalue weighted by Crippen LogP contribution is -2.55. The van der Waals surface area contributed by atoms with Crippen molar-refractivity contribution in [3.8, 4) is 0 Å². The van der Waals surface area contributed by atoms with Crippen molar-refractivity contribution in [2.24, 2.45) is 17.3 Å². The summed E-state index contributed by atoms with van der Waals surface area (Å²) in [5.74, 6) is 0.210. The molecule has 104 valence electrons. The van der Waals surface area contributed by atoms with Crippen LogP contribution in [0.1, 0.15) is 46.5 Å². The molecular formula is C15H24Cl2O. The lowest BCUT2D eigenvalue weighted by Gasteiger charge is -2.52. The van der Waals surface area contributed by atoms with Crippen molar-refractivity contribution < 1.29 is 5.11 Å². The van der Waals surface area contributed by atoms with Crippen LogP contribution in [0.3, 0.4) is 0 Å². The molecule has 2 aliphatic rings. The van der Waals surface area contributed by atoms with Crippen LogP contribution in [0.5, 0.6) is 0 Å². The molecule has 3 heteroatoms. The monoisotopic (exact) mass is 290 g/mol. The smallest absolute Gasteiger partial charge is 0.0766 e. The van der Waals surface area contributed by atoms with Gasteiger partial charge in [0, 0.05) is 22.6 Å². The van der Waals surface area contributed by atoms with Gasteiger partial charge in [0.25, 0.3) is 0 Å². The van der Waals surface area contributed by atoms with Crippen LogP contribution >= 0.6 is 23.2 Å². The highest BCUT2D eigenvalue weighted by atomic mass is 35.5. The summed E-state index contributed by atoms with van der Waals surface area (Å²) in [4.78, 5) is 0. The summed E-state index contributed by atoms with van der Waals surface area (Å²) < 4.78 is 0. The third-order valence-electron chi connectivity index (χ3n) is 5.25. The van der Waals surface area contributed by atoms with E-state index >= 15 is 0 Å². The highest BCUT2D eigenvalue weighted by Gasteiger charge is 2.54. The van der Waals surface area contributed by atoms with Crippen molar-refractivity contribution in [1.29, 1.82) is 0 Å². The van der Waals surface area contributed by atoms with Crippen molar-refractivity contribution in [2.45, 2.75) is 62.8 Å². The fraction of sp³-hybridized carbons (Fsp3) is 0.867. The normalized spacial score (nSPS) is 48.4. The molecular weight excluding hydrogens is 267 g/mol. The summed E-state index contributed by atoms with van der Waals surface area (Å²) in [6.07, 6.45) is 3.36. The van der Waals surface area contributed by atoms with Gasteiger partial charge < -0.3 is 5.11 Å². The van der Waals surface area contributed by atoms with E-state index in [1.54, 1.807) is 0 Å². The SMILES string of the molecule is C=C1CCC(Cl)C(C)C2(O)CC(Cl)C(C)(C)CC12. The maximum atomic E-state index is 11.2. The van der Waals surface area contributed by atoms with Crippen molar-refractivity contribution in [2.75, 3.05) is 0 Å². The summed E-state index contributed by atoms with van der Waals surface area (Å²) in [6.45, 7) is 10.6. The second-order valence-corrected chi connectivity index (χ2v) is 8.00. The Hall–Kier alpha value is 0.280. The predicted octanol–water partition coefficient (Wildman–Crippen LogP) is 4.35. The molecule has 0 aromatic rings. The molecule has 0 amide bonds. The Morgan fingerprint density at radius 3 is 2.50 bits per heavy atom. The van der Waals surface area contributed by atoms with Gasteiger partial charge in [0.2, 0.25) is 0 Å². The van der Waals surface area contributed by atoms with Gasteiger partial charge in [0.1, 0.15) is 0 Å². The zero-order valence-electron chi connectivity index (χ0n) is 11.5. The number of fused-ring (bicyclic) bond motifs is 1. The largest absolute Gasteiger partial charge is 0.389 e. The standard InChI is InChI=1S/C15H24Cl2O/c1-9-5-6-12(16)10(2)15(18)8-13(17)14(3,4)7-11(9)15/h10-13,18H,1,5-8H2,2-4H3. The topological polar surface area (TPSA) is 20.2 Å². The summed E-state index contributed by atoms with van der Waals surface area (Å²) in [7, 11) is 0. The second-order valence-electron chi connectivity index (χ2n) is 6.91. The molecule has 0 aliphatic heterocycles. The van der Waals surface area contributed by atoms with Gasteiger partial charge in [-0.2, -0.15) is 0 Å². The lowest BCUT2D eigenvalue weighted by molar-refractivity contribution is -0.0960. The molecule has 1 nitrogen and oxygen atoms in total. The zero-order chi connectivity index (χ0) is 13.7. The fourth-order valence-electron chi connectivity index (χ4n) is 3.60. The van der Waals surface area contributed by atoms with Gasteiger partial charge in [0.15, 0.2) is 0 Å². The van der Waals surface area contributed by atoms with E-state index in [2.05, 4.69) is 27.4 Å². The molecule has 0 aromatic heterocycles. The molecule has 0 bridgehead atoms. The Bertz CT molecular complexity index is 352. The number of rotatable bonds is 0. The van der Waals surface area contributed by atoms with Gasteiger partial charge >= 0.3 is 0 Å². The zero-order valence-corrected chi connectivity index (χ0v) is 13.1. The molecule has 5 atom stereocenters. The van der Waals surface area contributed by atoms with Crippen LogP contribution in [0, 0.1) is 17.3 Å². The van der Waals surface area contributed by atoms with Gasteiger partial charge in [-0.25, -0.2) is 0 Å². The molecule has 0 saturated heterocycles. The quantitative estimate of drug-likeness (QED) is 0.519. The molecule has 0 heterocycles. The maximum absolute atomic E-state index is 11.2. The van der Waals surface area contributed by atoms with Gasteiger partial charge in [-0.15, -0.1) is 23.2 Å². The maximum Gasteiger partial charge on any atom is 0.0766 e. The number of hydrogen-bond acceptors (Lipinski definition) is 1. The summed E-state index contributed by atoms with van der Waals surface area (Å²) in [6, 6.07) is 0.